The molecule has 0 bridgehead atoms. The van der Waals surface area contributed by atoms with E-state index in [2.05, 4.69) is 16.9 Å². The van der Waals surface area contributed by atoms with Crippen LogP contribution in [0.3, 0.4) is 0 Å². The van der Waals surface area contributed by atoms with Crippen LogP contribution in [0.15, 0.2) is 48.3 Å². The molecule has 1 atom stereocenters. The predicted molar refractivity (Wildman–Crippen MR) is 140 cm³/mol. The van der Waals surface area contributed by atoms with Crippen LogP contribution in [-0.2, 0) is 11.3 Å². The topological polar surface area (TPSA) is 107 Å². The molecule has 1 amide bonds. The smallest absolute Gasteiger partial charge is 0.290 e. The van der Waals surface area contributed by atoms with Gasteiger partial charge in [0.25, 0.3) is 5.91 Å². The standard InChI is InChI=1S/C27H32N4O5S/c1-5-6-14-36-20-9-8-19(15-21(20)35-4)23-22(24(32)26-17(2)29-18(3)37-26)25(33)27(34)31(23)12-7-11-30-13-10-28-16-30/h8-10,13,15-16,23,33H,5-7,11-12,14H2,1-4H3. The molecular formula is C27H32N4O5S. The number of hydrogen-bond donors (Lipinski definition) is 1. The van der Waals surface area contributed by atoms with Crippen LogP contribution in [0, 0.1) is 13.8 Å². The molecule has 0 spiro atoms. The van der Waals surface area contributed by atoms with Gasteiger partial charge in [0, 0.05) is 25.5 Å². The van der Waals surface area contributed by atoms with E-state index in [-0.39, 0.29) is 5.57 Å². The summed E-state index contributed by atoms with van der Waals surface area (Å²) in [5.74, 6) is -0.392. The van der Waals surface area contributed by atoms with Crippen LogP contribution in [0.2, 0.25) is 0 Å². The number of benzene rings is 1. The van der Waals surface area contributed by atoms with E-state index < -0.39 is 23.5 Å². The first-order valence-electron chi connectivity index (χ1n) is 12.3. The number of aryl methyl sites for hydroxylation is 3. The molecule has 3 heterocycles. The second-order valence-electron chi connectivity index (χ2n) is 8.91. The van der Waals surface area contributed by atoms with Crippen molar-refractivity contribution in [2.24, 2.45) is 0 Å². The quantitative estimate of drug-likeness (QED) is 0.268. The third-order valence-corrected chi connectivity index (χ3v) is 7.36. The molecule has 3 aromatic rings. The Morgan fingerprint density at radius 1 is 1.19 bits per heavy atom. The largest absolute Gasteiger partial charge is 0.503 e. The Hall–Kier alpha value is -3.66. The predicted octanol–water partition coefficient (Wildman–Crippen LogP) is 4.81. The van der Waals surface area contributed by atoms with Crippen molar-refractivity contribution < 1.29 is 24.2 Å². The number of ketones is 1. The number of aliphatic hydroxyl groups excluding tert-OH is 1. The average molecular weight is 525 g/mol. The fourth-order valence-corrected chi connectivity index (χ4v) is 5.34. The summed E-state index contributed by atoms with van der Waals surface area (Å²) in [6, 6.07) is 4.61. The van der Waals surface area contributed by atoms with E-state index in [4.69, 9.17) is 9.47 Å². The normalized spacial score (nSPS) is 15.5. The molecule has 1 unspecified atom stereocenters. The van der Waals surface area contributed by atoms with Crippen LogP contribution in [0.4, 0.5) is 0 Å². The highest BCUT2D eigenvalue weighted by Crippen LogP contribution is 2.42. The molecule has 196 valence electrons. The number of aromatic nitrogens is 3. The Morgan fingerprint density at radius 2 is 2.00 bits per heavy atom. The molecule has 1 aliphatic heterocycles. The summed E-state index contributed by atoms with van der Waals surface area (Å²) in [7, 11) is 1.55. The van der Waals surface area contributed by atoms with Crippen molar-refractivity contribution in [2.45, 2.75) is 52.6 Å². The van der Waals surface area contributed by atoms with Crippen LogP contribution < -0.4 is 9.47 Å². The first-order valence-corrected chi connectivity index (χ1v) is 13.2. The minimum absolute atomic E-state index is 0.0566. The molecule has 0 aliphatic carbocycles. The maximum Gasteiger partial charge on any atom is 0.290 e. The fourth-order valence-electron chi connectivity index (χ4n) is 4.47. The lowest BCUT2D eigenvalue weighted by atomic mass is 9.94. The molecule has 0 saturated heterocycles. The van der Waals surface area contributed by atoms with Crippen LogP contribution in [0.25, 0.3) is 0 Å². The van der Waals surface area contributed by atoms with Gasteiger partial charge in [-0.15, -0.1) is 11.3 Å². The molecule has 2 aromatic heterocycles. The number of ether oxygens (including phenoxy) is 2. The summed E-state index contributed by atoms with van der Waals surface area (Å²) in [4.78, 5) is 37.4. The molecule has 0 fully saturated rings. The van der Waals surface area contributed by atoms with Crippen molar-refractivity contribution in [1.29, 1.82) is 0 Å². The maximum atomic E-state index is 13.7. The van der Waals surface area contributed by atoms with E-state index in [0.717, 1.165) is 17.8 Å². The Kier molecular flexibility index (Phi) is 8.27. The minimum atomic E-state index is -0.775. The van der Waals surface area contributed by atoms with Crippen molar-refractivity contribution in [3.8, 4) is 11.5 Å². The molecule has 0 saturated carbocycles. The summed E-state index contributed by atoms with van der Waals surface area (Å²) in [5, 5.41) is 11.7. The first kappa shape index (κ1) is 26.4. The van der Waals surface area contributed by atoms with Crippen LogP contribution in [0.1, 0.15) is 58.2 Å². The number of imidazole rings is 1. The molecule has 9 nitrogen and oxygen atoms in total. The van der Waals surface area contributed by atoms with E-state index in [1.165, 1.54) is 11.3 Å². The Balaban J connectivity index is 1.70. The average Bonchev–Trinajstić information content (AvgIpc) is 3.59. The van der Waals surface area contributed by atoms with Crippen LogP contribution in [-0.4, -0.2) is 56.5 Å². The number of thiazole rings is 1. The molecule has 0 radical (unpaired) electrons. The maximum absolute atomic E-state index is 13.7. The SMILES string of the molecule is CCCCOc1ccc(C2C(C(=O)c3sc(C)nc3C)=C(O)C(=O)N2CCCn2ccnc2)cc1OC. The van der Waals surface area contributed by atoms with Gasteiger partial charge in [-0.3, -0.25) is 9.59 Å². The summed E-state index contributed by atoms with van der Waals surface area (Å²) >= 11 is 1.26. The monoisotopic (exact) mass is 524 g/mol. The van der Waals surface area contributed by atoms with Gasteiger partial charge < -0.3 is 24.0 Å². The molecule has 37 heavy (non-hydrogen) atoms. The highest BCUT2D eigenvalue weighted by molar-refractivity contribution is 7.14. The molecule has 10 heteroatoms. The van der Waals surface area contributed by atoms with E-state index in [9.17, 15) is 14.7 Å². The number of unbranched alkanes of at least 4 members (excludes halogenated alkanes) is 1. The van der Waals surface area contributed by atoms with E-state index in [1.807, 2.05) is 23.8 Å². The van der Waals surface area contributed by atoms with Crippen molar-refractivity contribution in [2.75, 3.05) is 20.3 Å². The number of rotatable bonds is 12. The van der Waals surface area contributed by atoms with Gasteiger partial charge in [-0.2, -0.15) is 0 Å². The summed E-state index contributed by atoms with van der Waals surface area (Å²) in [6.07, 6.45) is 7.79. The van der Waals surface area contributed by atoms with Gasteiger partial charge in [-0.1, -0.05) is 19.4 Å². The van der Waals surface area contributed by atoms with E-state index >= 15 is 0 Å². The summed E-state index contributed by atoms with van der Waals surface area (Å²) < 4.78 is 13.4. The highest BCUT2D eigenvalue weighted by atomic mass is 32.1. The highest BCUT2D eigenvalue weighted by Gasteiger charge is 2.44. The van der Waals surface area contributed by atoms with Crippen molar-refractivity contribution in [1.82, 2.24) is 19.4 Å². The van der Waals surface area contributed by atoms with Gasteiger partial charge in [0.05, 0.1) is 47.2 Å². The van der Waals surface area contributed by atoms with Gasteiger partial charge in [-0.25, -0.2) is 9.97 Å². The van der Waals surface area contributed by atoms with Crippen molar-refractivity contribution in [3.63, 3.8) is 0 Å². The minimum Gasteiger partial charge on any atom is -0.503 e. The molecule has 1 aliphatic rings. The van der Waals surface area contributed by atoms with Gasteiger partial charge in [0.2, 0.25) is 5.78 Å². The van der Waals surface area contributed by atoms with Gasteiger partial charge in [0.1, 0.15) is 0 Å². The Labute approximate surface area is 220 Å². The number of aliphatic hydroxyl groups is 1. The molecule has 1 N–H and O–H groups in total. The Bertz CT molecular complexity index is 1300. The zero-order valence-corrected chi connectivity index (χ0v) is 22.4. The summed E-state index contributed by atoms with van der Waals surface area (Å²) in [6.45, 7) is 7.20. The third kappa shape index (κ3) is 5.53. The number of methoxy groups -OCH3 is 1. The molecular weight excluding hydrogens is 492 g/mol. The van der Waals surface area contributed by atoms with Crippen LogP contribution in [0.5, 0.6) is 11.5 Å². The number of carbonyl (C=O) groups excluding carboxylic acids is 2. The second-order valence-corrected chi connectivity index (χ2v) is 10.1. The zero-order valence-electron chi connectivity index (χ0n) is 21.6. The lowest BCUT2D eigenvalue weighted by molar-refractivity contribution is -0.129. The second kappa shape index (κ2) is 11.6. The van der Waals surface area contributed by atoms with Crippen LogP contribution >= 0.6 is 11.3 Å². The van der Waals surface area contributed by atoms with E-state index in [0.29, 0.717) is 53.8 Å². The first-order chi connectivity index (χ1) is 17.8. The lowest BCUT2D eigenvalue weighted by Gasteiger charge is -2.27. The number of carbonyl (C=O) groups is 2. The van der Waals surface area contributed by atoms with Gasteiger partial charge in [0.15, 0.2) is 17.3 Å². The number of nitrogens with zero attached hydrogens (tertiary/aromatic N) is 4. The third-order valence-electron chi connectivity index (χ3n) is 6.29. The van der Waals surface area contributed by atoms with Gasteiger partial charge in [-0.05, 0) is 44.4 Å². The Morgan fingerprint density at radius 3 is 2.65 bits per heavy atom. The van der Waals surface area contributed by atoms with Crippen molar-refractivity contribution in [3.05, 3.63) is 69.4 Å². The molecule has 1 aromatic carbocycles. The molecule has 4 rings (SSSR count). The fraction of sp³-hybridized carbons (Fsp3) is 0.407. The summed E-state index contributed by atoms with van der Waals surface area (Å²) in [5.41, 5.74) is 1.29. The number of hydrogen-bond acceptors (Lipinski definition) is 8. The lowest BCUT2D eigenvalue weighted by Crippen LogP contribution is -2.32. The van der Waals surface area contributed by atoms with E-state index in [1.54, 1.807) is 43.6 Å². The zero-order chi connectivity index (χ0) is 26.5. The van der Waals surface area contributed by atoms with Gasteiger partial charge >= 0.3 is 0 Å². The number of Topliss-reactive ketones (excluding diaryl/α,β-unsaturated/α-hetero) is 1. The van der Waals surface area contributed by atoms with Crippen molar-refractivity contribution >= 4 is 23.0 Å². The number of amides is 1.